The van der Waals surface area contributed by atoms with Crippen molar-refractivity contribution in [2.75, 3.05) is 0 Å². The highest BCUT2D eigenvalue weighted by atomic mass is 19.2. The van der Waals surface area contributed by atoms with E-state index in [1.54, 1.807) is 13.8 Å². The Morgan fingerprint density at radius 2 is 1.90 bits per heavy atom. The Morgan fingerprint density at radius 1 is 1.30 bits per heavy atom. The predicted octanol–water partition coefficient (Wildman–Crippen LogP) is 3.79. The van der Waals surface area contributed by atoms with Crippen LogP contribution in [0.25, 0.3) is 0 Å². The molecule has 108 valence electrons. The maximum Gasteiger partial charge on any atom is 0.313 e. The summed E-state index contributed by atoms with van der Waals surface area (Å²) in [6.45, 7) is 6.80. The van der Waals surface area contributed by atoms with E-state index in [0.29, 0.717) is 6.42 Å². The average molecular weight is 280 g/mol. The molecule has 0 radical (unpaired) electrons. The molecule has 1 unspecified atom stereocenters. The van der Waals surface area contributed by atoms with Crippen molar-refractivity contribution in [1.29, 1.82) is 0 Å². The highest BCUT2D eigenvalue weighted by Gasteiger charge is 2.36. The molecule has 1 rings (SSSR count). The Morgan fingerprint density at radius 3 is 2.35 bits per heavy atom. The van der Waals surface area contributed by atoms with Gasteiger partial charge in [-0.3, -0.25) is 4.79 Å². The lowest BCUT2D eigenvalue weighted by Gasteiger charge is -2.29. The number of hydrogen-bond donors (Lipinski definition) is 0. The van der Waals surface area contributed by atoms with E-state index < -0.39 is 28.6 Å². The van der Waals surface area contributed by atoms with Crippen molar-refractivity contribution in [2.45, 2.75) is 39.7 Å². The summed E-state index contributed by atoms with van der Waals surface area (Å²) in [4.78, 5) is 12.1. The van der Waals surface area contributed by atoms with Crippen molar-refractivity contribution in [1.82, 2.24) is 0 Å². The Kier molecular flexibility index (Phi) is 4.54. The molecule has 0 aromatic heterocycles. The first-order valence-electron chi connectivity index (χ1n) is 6.33. The molecular weight excluding hydrogens is 262 g/mol. The second-order valence-corrected chi connectivity index (χ2v) is 5.43. The number of hydrogen-bond acceptors (Lipinski definition) is 2. The number of ether oxygens (including phenoxy) is 1. The van der Waals surface area contributed by atoms with Crippen LogP contribution in [0.5, 0.6) is 0 Å². The van der Waals surface area contributed by atoms with Crippen LogP contribution in [0.15, 0.2) is 18.2 Å². The number of benzene rings is 1. The summed E-state index contributed by atoms with van der Waals surface area (Å²) in [5, 5.41) is 0. The predicted molar refractivity (Wildman–Crippen MR) is 72.7 cm³/mol. The van der Waals surface area contributed by atoms with Gasteiger partial charge in [0.1, 0.15) is 0 Å². The van der Waals surface area contributed by atoms with Gasteiger partial charge in [0.25, 0.3) is 0 Å². The summed E-state index contributed by atoms with van der Waals surface area (Å²) < 4.78 is 31.6. The molecule has 0 N–H and O–H groups in total. The lowest BCUT2D eigenvalue weighted by atomic mass is 9.89. The van der Waals surface area contributed by atoms with Crippen LogP contribution in [-0.2, 0) is 15.1 Å². The summed E-state index contributed by atoms with van der Waals surface area (Å²) in [5.41, 5.74) is -1.91. The van der Waals surface area contributed by atoms with Crippen molar-refractivity contribution in [3.05, 3.63) is 35.4 Å². The van der Waals surface area contributed by atoms with Crippen LogP contribution in [0, 0.1) is 29.4 Å². The Labute approximate surface area is 118 Å². The molecule has 0 spiro atoms. The summed E-state index contributed by atoms with van der Waals surface area (Å²) in [6, 6.07) is 3.21. The molecule has 0 aliphatic heterocycles. The maximum atomic E-state index is 13.3. The normalized spacial score (nSPS) is 14.2. The van der Waals surface area contributed by atoms with E-state index in [0.717, 1.165) is 12.1 Å². The van der Waals surface area contributed by atoms with Gasteiger partial charge in [-0.2, -0.15) is 0 Å². The van der Waals surface area contributed by atoms with Crippen LogP contribution in [-0.4, -0.2) is 5.97 Å². The van der Waals surface area contributed by atoms with E-state index >= 15 is 0 Å². The lowest BCUT2D eigenvalue weighted by molar-refractivity contribution is -0.164. The second-order valence-electron chi connectivity index (χ2n) is 5.43. The van der Waals surface area contributed by atoms with Gasteiger partial charge in [0, 0.05) is 5.56 Å². The van der Waals surface area contributed by atoms with Gasteiger partial charge in [-0.15, -0.1) is 6.42 Å². The van der Waals surface area contributed by atoms with Crippen molar-refractivity contribution in [3.8, 4) is 12.3 Å². The molecule has 20 heavy (non-hydrogen) atoms. The van der Waals surface area contributed by atoms with E-state index in [2.05, 4.69) is 5.92 Å². The van der Waals surface area contributed by atoms with Gasteiger partial charge in [-0.25, -0.2) is 8.78 Å². The molecule has 0 saturated heterocycles. The SMILES string of the molecule is C#CC(C)(OC(=O)C(C)(C)CC)c1ccc(F)c(F)c1. The molecule has 1 atom stereocenters. The molecule has 1 aromatic rings. The van der Waals surface area contributed by atoms with Crippen molar-refractivity contribution < 1.29 is 18.3 Å². The molecule has 2 nitrogen and oxygen atoms in total. The van der Waals surface area contributed by atoms with Crippen LogP contribution in [0.1, 0.15) is 39.7 Å². The minimum atomic E-state index is -1.43. The van der Waals surface area contributed by atoms with Gasteiger partial charge in [-0.1, -0.05) is 18.9 Å². The smallest absolute Gasteiger partial charge is 0.313 e. The van der Waals surface area contributed by atoms with Gasteiger partial charge >= 0.3 is 5.97 Å². The van der Waals surface area contributed by atoms with E-state index in [4.69, 9.17) is 11.2 Å². The minimum Gasteiger partial charge on any atom is -0.441 e. The minimum absolute atomic E-state index is 0.221. The number of terminal acetylenes is 1. The molecule has 0 saturated carbocycles. The van der Waals surface area contributed by atoms with Gasteiger partial charge in [0.2, 0.25) is 0 Å². The highest BCUT2D eigenvalue weighted by Crippen LogP contribution is 2.31. The van der Waals surface area contributed by atoms with Gasteiger partial charge in [0.05, 0.1) is 5.41 Å². The number of esters is 1. The number of rotatable bonds is 4. The molecule has 0 heterocycles. The van der Waals surface area contributed by atoms with E-state index in [-0.39, 0.29) is 5.56 Å². The monoisotopic (exact) mass is 280 g/mol. The molecule has 0 amide bonds. The second kappa shape index (κ2) is 5.62. The summed E-state index contributed by atoms with van der Waals surface area (Å²) >= 11 is 0. The van der Waals surface area contributed by atoms with Crippen LogP contribution >= 0.6 is 0 Å². The molecule has 1 aromatic carbocycles. The van der Waals surface area contributed by atoms with Crippen molar-refractivity contribution >= 4 is 5.97 Å². The number of carbonyl (C=O) groups is 1. The van der Waals surface area contributed by atoms with E-state index in [9.17, 15) is 13.6 Å². The Bertz CT molecular complexity index is 558. The Balaban J connectivity index is 3.13. The zero-order chi connectivity index (χ0) is 15.6. The fraction of sp³-hybridized carbons (Fsp3) is 0.438. The first-order chi connectivity index (χ1) is 9.16. The third-order valence-corrected chi connectivity index (χ3v) is 3.48. The van der Waals surface area contributed by atoms with Crippen LogP contribution in [0.2, 0.25) is 0 Å². The van der Waals surface area contributed by atoms with Crippen molar-refractivity contribution in [2.24, 2.45) is 5.41 Å². The Hall–Kier alpha value is -1.89. The van der Waals surface area contributed by atoms with Gasteiger partial charge in [0.15, 0.2) is 17.2 Å². The molecule has 0 aliphatic carbocycles. The fourth-order valence-electron chi connectivity index (χ4n) is 1.43. The van der Waals surface area contributed by atoms with Crippen molar-refractivity contribution in [3.63, 3.8) is 0 Å². The molecule has 0 fully saturated rings. The number of carbonyl (C=O) groups excluding carboxylic acids is 1. The zero-order valence-electron chi connectivity index (χ0n) is 12.1. The summed E-state index contributed by atoms with van der Waals surface area (Å²) in [6.07, 6.45) is 5.99. The first kappa shape index (κ1) is 16.2. The molecule has 0 aliphatic rings. The van der Waals surface area contributed by atoms with Crippen LogP contribution in [0.4, 0.5) is 8.78 Å². The fourth-order valence-corrected chi connectivity index (χ4v) is 1.43. The third-order valence-electron chi connectivity index (χ3n) is 3.48. The van der Waals surface area contributed by atoms with Gasteiger partial charge < -0.3 is 4.74 Å². The largest absolute Gasteiger partial charge is 0.441 e. The highest BCUT2D eigenvalue weighted by molar-refractivity contribution is 5.76. The molecule has 0 bridgehead atoms. The average Bonchev–Trinajstić information content (AvgIpc) is 2.41. The number of halogens is 2. The third kappa shape index (κ3) is 3.16. The summed E-state index contributed by atoms with van der Waals surface area (Å²) in [5.74, 6) is -0.156. The van der Waals surface area contributed by atoms with E-state index in [1.807, 2.05) is 6.92 Å². The van der Waals surface area contributed by atoms with Crippen LogP contribution < -0.4 is 0 Å². The standard InChI is InChI=1S/C16H18F2O2/c1-6-15(3,4)14(19)20-16(5,7-2)11-8-9-12(17)13(18)10-11/h2,8-10H,6H2,1,3-5H3. The quantitative estimate of drug-likeness (QED) is 0.619. The zero-order valence-corrected chi connectivity index (χ0v) is 12.1. The molecular formula is C16H18F2O2. The topological polar surface area (TPSA) is 26.3 Å². The first-order valence-corrected chi connectivity index (χ1v) is 6.33. The lowest BCUT2D eigenvalue weighted by Crippen LogP contribution is -2.35. The summed E-state index contributed by atoms with van der Waals surface area (Å²) in [7, 11) is 0. The van der Waals surface area contributed by atoms with Crippen LogP contribution in [0.3, 0.4) is 0 Å². The van der Waals surface area contributed by atoms with E-state index in [1.165, 1.54) is 13.0 Å². The molecule has 4 heteroatoms. The van der Waals surface area contributed by atoms with Gasteiger partial charge in [-0.05, 0) is 39.3 Å². The maximum absolute atomic E-state index is 13.3.